The second-order valence-electron chi connectivity index (χ2n) is 3.67. The number of carbonyl (C=O) groups is 3. The van der Waals surface area contributed by atoms with Crippen molar-refractivity contribution in [3.63, 3.8) is 0 Å². The molecule has 0 aromatic carbocycles. The third-order valence-electron chi connectivity index (χ3n) is 2.09. The van der Waals surface area contributed by atoms with Crippen molar-refractivity contribution >= 4 is 29.1 Å². The van der Waals surface area contributed by atoms with Gasteiger partial charge in [0, 0.05) is 22.4 Å². The van der Waals surface area contributed by atoms with E-state index in [2.05, 4.69) is 17.8 Å². The van der Waals surface area contributed by atoms with E-state index in [1.54, 1.807) is 11.4 Å². The van der Waals surface area contributed by atoms with Gasteiger partial charge >= 0.3 is 5.97 Å². The van der Waals surface area contributed by atoms with Crippen LogP contribution < -0.4 is 10.9 Å². The summed E-state index contributed by atoms with van der Waals surface area (Å²) in [6, 6.07) is 1.77. The fourth-order valence-electron chi connectivity index (χ4n) is 1.26. The SMILES string of the molecule is CCCc1cc(C(=O)NNC(=O)/C=C/C(=O)O)cs1. The molecule has 0 unspecified atom stereocenters. The summed E-state index contributed by atoms with van der Waals surface area (Å²) in [5.41, 5.74) is 4.76. The molecular formula is C12H14N2O4S. The molecule has 0 spiro atoms. The Labute approximate surface area is 114 Å². The number of carboxylic acid groups (broad SMARTS) is 1. The van der Waals surface area contributed by atoms with E-state index in [-0.39, 0.29) is 0 Å². The molecule has 0 aliphatic heterocycles. The zero-order valence-corrected chi connectivity index (χ0v) is 11.1. The zero-order valence-electron chi connectivity index (χ0n) is 10.3. The minimum Gasteiger partial charge on any atom is -0.478 e. The van der Waals surface area contributed by atoms with Crippen molar-refractivity contribution in [1.82, 2.24) is 10.9 Å². The number of nitrogens with one attached hydrogen (secondary N) is 2. The van der Waals surface area contributed by atoms with Gasteiger partial charge in [-0.05, 0) is 12.5 Å². The van der Waals surface area contributed by atoms with Crippen LogP contribution >= 0.6 is 11.3 Å². The Hall–Kier alpha value is -2.15. The van der Waals surface area contributed by atoms with Crippen LogP contribution in [0.4, 0.5) is 0 Å². The van der Waals surface area contributed by atoms with Crippen molar-refractivity contribution in [2.45, 2.75) is 19.8 Å². The molecule has 1 aromatic rings. The van der Waals surface area contributed by atoms with Crippen LogP contribution in [-0.2, 0) is 16.0 Å². The summed E-state index contributed by atoms with van der Waals surface area (Å²) in [5, 5.41) is 10.0. The van der Waals surface area contributed by atoms with E-state index in [9.17, 15) is 14.4 Å². The van der Waals surface area contributed by atoms with E-state index < -0.39 is 17.8 Å². The van der Waals surface area contributed by atoms with Gasteiger partial charge in [0.25, 0.3) is 11.8 Å². The van der Waals surface area contributed by atoms with Crippen molar-refractivity contribution in [3.8, 4) is 0 Å². The maximum Gasteiger partial charge on any atom is 0.328 e. The Morgan fingerprint density at radius 3 is 2.68 bits per heavy atom. The fourth-order valence-corrected chi connectivity index (χ4v) is 2.23. The number of amides is 2. The lowest BCUT2D eigenvalue weighted by Crippen LogP contribution is -2.40. The standard InChI is InChI=1S/C12H14N2O4S/c1-2-3-9-6-8(7-19-9)12(18)14-13-10(15)4-5-11(16)17/h4-7H,2-3H2,1H3,(H,13,15)(H,14,18)(H,16,17)/b5-4+. The molecule has 0 saturated heterocycles. The van der Waals surface area contributed by atoms with E-state index in [1.807, 2.05) is 0 Å². The molecule has 2 amide bonds. The summed E-state index contributed by atoms with van der Waals surface area (Å²) in [5.74, 6) is -2.38. The van der Waals surface area contributed by atoms with Crippen molar-refractivity contribution in [2.24, 2.45) is 0 Å². The van der Waals surface area contributed by atoms with Gasteiger partial charge in [-0.1, -0.05) is 13.3 Å². The molecule has 1 rings (SSSR count). The van der Waals surface area contributed by atoms with Crippen LogP contribution in [0.2, 0.25) is 0 Å². The normalized spacial score (nSPS) is 10.4. The molecule has 0 atom stereocenters. The fraction of sp³-hybridized carbons (Fsp3) is 0.250. The minimum atomic E-state index is -1.23. The van der Waals surface area contributed by atoms with Gasteiger partial charge < -0.3 is 5.11 Å². The summed E-state index contributed by atoms with van der Waals surface area (Å²) in [6.45, 7) is 2.05. The first-order valence-electron chi connectivity index (χ1n) is 5.61. The first-order chi connectivity index (χ1) is 9.02. The summed E-state index contributed by atoms with van der Waals surface area (Å²) in [6.07, 6.45) is 3.41. The Morgan fingerprint density at radius 1 is 1.32 bits per heavy atom. The molecule has 6 nitrogen and oxygen atoms in total. The lowest BCUT2D eigenvalue weighted by molar-refractivity contribution is -0.131. The van der Waals surface area contributed by atoms with Crippen LogP contribution in [0.1, 0.15) is 28.6 Å². The molecule has 7 heteroatoms. The number of hydrazine groups is 1. The Balaban J connectivity index is 2.46. The first kappa shape index (κ1) is 14.9. The molecule has 0 bridgehead atoms. The minimum absolute atomic E-state index is 0.435. The molecule has 0 radical (unpaired) electrons. The number of carbonyl (C=O) groups excluding carboxylic acids is 2. The Bertz CT molecular complexity index is 508. The summed E-state index contributed by atoms with van der Waals surface area (Å²) in [7, 11) is 0. The third-order valence-corrected chi connectivity index (χ3v) is 3.09. The molecule has 3 N–H and O–H groups in total. The molecule has 0 aliphatic carbocycles. The Kier molecular flexibility index (Phi) is 5.74. The van der Waals surface area contributed by atoms with Gasteiger partial charge in [0.1, 0.15) is 0 Å². The molecule has 0 saturated carbocycles. The average molecular weight is 282 g/mol. The van der Waals surface area contributed by atoms with Crippen molar-refractivity contribution in [2.75, 3.05) is 0 Å². The smallest absolute Gasteiger partial charge is 0.328 e. The second kappa shape index (κ2) is 7.32. The van der Waals surface area contributed by atoms with Gasteiger partial charge in [0.05, 0.1) is 5.56 Å². The van der Waals surface area contributed by atoms with Gasteiger partial charge in [0.15, 0.2) is 0 Å². The van der Waals surface area contributed by atoms with Crippen molar-refractivity contribution < 1.29 is 19.5 Å². The number of hydrogen-bond donors (Lipinski definition) is 3. The highest BCUT2D eigenvalue weighted by Crippen LogP contribution is 2.16. The number of hydrogen-bond acceptors (Lipinski definition) is 4. The van der Waals surface area contributed by atoms with Gasteiger partial charge in [-0.15, -0.1) is 11.3 Å². The monoisotopic (exact) mass is 282 g/mol. The highest BCUT2D eigenvalue weighted by molar-refractivity contribution is 7.10. The predicted molar refractivity (Wildman–Crippen MR) is 70.7 cm³/mol. The van der Waals surface area contributed by atoms with Crippen LogP contribution in [0.25, 0.3) is 0 Å². The number of aliphatic carboxylic acids is 1. The molecule has 102 valence electrons. The van der Waals surface area contributed by atoms with E-state index in [1.165, 1.54) is 11.3 Å². The number of rotatable bonds is 5. The van der Waals surface area contributed by atoms with Gasteiger partial charge in [-0.3, -0.25) is 20.4 Å². The van der Waals surface area contributed by atoms with E-state index in [0.29, 0.717) is 11.6 Å². The number of aryl methyl sites for hydroxylation is 1. The molecule has 0 aliphatic rings. The van der Waals surface area contributed by atoms with Crippen LogP contribution in [0.15, 0.2) is 23.6 Å². The van der Waals surface area contributed by atoms with Crippen LogP contribution in [-0.4, -0.2) is 22.9 Å². The molecule has 1 heterocycles. The summed E-state index contributed by atoms with van der Waals surface area (Å²) in [4.78, 5) is 34.0. The summed E-state index contributed by atoms with van der Waals surface area (Å²) < 4.78 is 0. The summed E-state index contributed by atoms with van der Waals surface area (Å²) >= 11 is 1.49. The molecule has 0 fully saturated rings. The van der Waals surface area contributed by atoms with Crippen LogP contribution in [0, 0.1) is 0 Å². The molecule has 19 heavy (non-hydrogen) atoms. The first-order valence-corrected chi connectivity index (χ1v) is 6.49. The van der Waals surface area contributed by atoms with Gasteiger partial charge in [-0.25, -0.2) is 4.79 Å². The van der Waals surface area contributed by atoms with Gasteiger partial charge in [-0.2, -0.15) is 0 Å². The quantitative estimate of drug-likeness (QED) is 0.556. The maximum atomic E-state index is 11.6. The van der Waals surface area contributed by atoms with Gasteiger partial charge in [0.2, 0.25) is 0 Å². The highest BCUT2D eigenvalue weighted by Gasteiger charge is 2.08. The Morgan fingerprint density at radius 2 is 2.05 bits per heavy atom. The van der Waals surface area contributed by atoms with Crippen molar-refractivity contribution in [3.05, 3.63) is 34.0 Å². The molecular weight excluding hydrogens is 268 g/mol. The zero-order chi connectivity index (χ0) is 14.3. The lowest BCUT2D eigenvalue weighted by atomic mass is 10.2. The molecule has 1 aromatic heterocycles. The van der Waals surface area contributed by atoms with E-state index >= 15 is 0 Å². The second-order valence-corrected chi connectivity index (χ2v) is 4.66. The van der Waals surface area contributed by atoms with Crippen LogP contribution in [0.3, 0.4) is 0 Å². The number of carboxylic acids is 1. The number of thiophene rings is 1. The van der Waals surface area contributed by atoms with E-state index in [0.717, 1.165) is 23.8 Å². The van der Waals surface area contributed by atoms with Crippen molar-refractivity contribution in [1.29, 1.82) is 0 Å². The average Bonchev–Trinajstić information content (AvgIpc) is 2.82. The highest BCUT2D eigenvalue weighted by atomic mass is 32.1. The largest absolute Gasteiger partial charge is 0.478 e. The predicted octanol–water partition coefficient (Wildman–Crippen LogP) is 1.10. The lowest BCUT2D eigenvalue weighted by Gasteiger charge is -2.02. The third kappa shape index (κ3) is 5.35. The van der Waals surface area contributed by atoms with Crippen LogP contribution in [0.5, 0.6) is 0 Å². The maximum absolute atomic E-state index is 11.6. The topological polar surface area (TPSA) is 95.5 Å². The van der Waals surface area contributed by atoms with E-state index in [4.69, 9.17) is 5.11 Å².